The number of rotatable bonds is 2. The number of aliphatic hydroxyl groups is 1. The maximum atomic E-state index is 9.12. The Kier molecular flexibility index (Phi) is 3.76. The molecule has 1 aliphatic rings. The molecule has 1 aliphatic carbocycles. The summed E-state index contributed by atoms with van der Waals surface area (Å²) in [6.07, 6.45) is 6.50. The topological polar surface area (TPSA) is 29.5 Å². The molecule has 0 aliphatic heterocycles. The second kappa shape index (κ2) is 4.63. The summed E-state index contributed by atoms with van der Waals surface area (Å²) in [6, 6.07) is 0. The molecule has 0 spiro atoms. The van der Waals surface area contributed by atoms with Crippen LogP contribution < -0.4 is 0 Å². The van der Waals surface area contributed by atoms with Crippen molar-refractivity contribution < 1.29 is 9.84 Å². The van der Waals surface area contributed by atoms with E-state index in [0.717, 1.165) is 25.7 Å². The fourth-order valence-corrected chi connectivity index (χ4v) is 1.71. The number of methoxy groups -OCH3 is 1. The summed E-state index contributed by atoms with van der Waals surface area (Å²) < 4.78 is 5.25. The van der Waals surface area contributed by atoms with Crippen LogP contribution in [-0.2, 0) is 4.74 Å². The number of allylic oxidation sites excluding steroid dienone is 1. The van der Waals surface area contributed by atoms with Crippen LogP contribution in [0.3, 0.4) is 0 Å². The number of ether oxygens (including phenoxy) is 1. The molecular formula is C10H18O2. The van der Waals surface area contributed by atoms with Crippen molar-refractivity contribution in [3.63, 3.8) is 0 Å². The van der Waals surface area contributed by atoms with Crippen LogP contribution in [0, 0.1) is 0 Å². The minimum Gasteiger partial charge on any atom is -0.389 e. The molecular weight excluding hydrogens is 152 g/mol. The fourth-order valence-electron chi connectivity index (χ4n) is 1.71. The highest BCUT2D eigenvalue weighted by atomic mass is 16.5. The molecule has 0 bridgehead atoms. The lowest BCUT2D eigenvalue weighted by molar-refractivity contribution is 0.0798. The van der Waals surface area contributed by atoms with Crippen molar-refractivity contribution in [1.82, 2.24) is 0 Å². The summed E-state index contributed by atoms with van der Waals surface area (Å²) in [5.74, 6) is 0. The average Bonchev–Trinajstić information content (AvgIpc) is 2.05. The van der Waals surface area contributed by atoms with Crippen LogP contribution in [0.1, 0.15) is 32.6 Å². The molecule has 1 unspecified atom stereocenters. The van der Waals surface area contributed by atoms with E-state index >= 15 is 0 Å². The first-order chi connectivity index (χ1) is 5.72. The molecule has 0 amide bonds. The minimum absolute atomic E-state index is 0.293. The number of hydrogen-bond acceptors (Lipinski definition) is 2. The third-order valence-electron chi connectivity index (χ3n) is 2.39. The van der Waals surface area contributed by atoms with Gasteiger partial charge in [-0.15, -0.1) is 0 Å². The quantitative estimate of drug-likeness (QED) is 0.641. The van der Waals surface area contributed by atoms with Gasteiger partial charge in [-0.25, -0.2) is 0 Å². The van der Waals surface area contributed by atoms with Gasteiger partial charge in [-0.3, -0.25) is 0 Å². The van der Waals surface area contributed by atoms with Gasteiger partial charge < -0.3 is 9.84 Å². The minimum atomic E-state index is -0.293. The third kappa shape index (κ3) is 2.95. The van der Waals surface area contributed by atoms with Crippen LogP contribution in [-0.4, -0.2) is 24.4 Å². The van der Waals surface area contributed by atoms with Gasteiger partial charge in [0.15, 0.2) is 0 Å². The fraction of sp³-hybridized carbons (Fsp3) is 0.800. The van der Waals surface area contributed by atoms with E-state index in [0.29, 0.717) is 6.10 Å². The lowest BCUT2D eigenvalue weighted by Crippen LogP contribution is -2.16. The van der Waals surface area contributed by atoms with Crippen molar-refractivity contribution in [2.24, 2.45) is 0 Å². The van der Waals surface area contributed by atoms with Gasteiger partial charge in [0.25, 0.3) is 0 Å². The zero-order valence-corrected chi connectivity index (χ0v) is 7.92. The maximum Gasteiger partial charge on any atom is 0.0695 e. The Morgan fingerprint density at radius 3 is 2.50 bits per heavy atom. The second-order valence-electron chi connectivity index (χ2n) is 3.50. The smallest absolute Gasteiger partial charge is 0.0695 e. The predicted octanol–water partition coefficient (Wildman–Crippen LogP) is 1.88. The summed E-state index contributed by atoms with van der Waals surface area (Å²) in [5.41, 5.74) is 1.39. The monoisotopic (exact) mass is 170 g/mol. The van der Waals surface area contributed by atoms with Crippen molar-refractivity contribution in [3.8, 4) is 0 Å². The summed E-state index contributed by atoms with van der Waals surface area (Å²) in [5, 5.41) is 9.12. The van der Waals surface area contributed by atoms with E-state index in [2.05, 4.69) is 0 Å². The van der Waals surface area contributed by atoms with Crippen LogP contribution >= 0.6 is 0 Å². The van der Waals surface area contributed by atoms with Crippen LogP contribution in [0.5, 0.6) is 0 Å². The van der Waals surface area contributed by atoms with E-state index < -0.39 is 0 Å². The Labute approximate surface area is 74.2 Å². The van der Waals surface area contributed by atoms with Gasteiger partial charge in [0.05, 0.1) is 12.2 Å². The van der Waals surface area contributed by atoms with Gasteiger partial charge in [0.1, 0.15) is 0 Å². The van der Waals surface area contributed by atoms with Gasteiger partial charge in [-0.05, 0) is 32.6 Å². The van der Waals surface area contributed by atoms with Crippen molar-refractivity contribution in [3.05, 3.63) is 11.6 Å². The summed E-state index contributed by atoms with van der Waals surface area (Å²) in [4.78, 5) is 0. The summed E-state index contributed by atoms with van der Waals surface area (Å²) >= 11 is 0. The van der Waals surface area contributed by atoms with Gasteiger partial charge in [0, 0.05) is 7.11 Å². The average molecular weight is 170 g/mol. The van der Waals surface area contributed by atoms with Gasteiger partial charge in [0.2, 0.25) is 0 Å². The first-order valence-corrected chi connectivity index (χ1v) is 4.63. The molecule has 1 rings (SSSR count). The summed E-state index contributed by atoms with van der Waals surface area (Å²) in [7, 11) is 1.77. The first-order valence-electron chi connectivity index (χ1n) is 4.63. The lowest BCUT2D eigenvalue weighted by atomic mass is 9.92. The molecule has 1 saturated carbocycles. The van der Waals surface area contributed by atoms with E-state index in [1.807, 2.05) is 6.08 Å². The van der Waals surface area contributed by atoms with Gasteiger partial charge in [-0.2, -0.15) is 0 Å². The highest BCUT2D eigenvalue weighted by Gasteiger charge is 2.15. The summed E-state index contributed by atoms with van der Waals surface area (Å²) in [6.45, 7) is 1.80. The predicted molar refractivity (Wildman–Crippen MR) is 49.0 cm³/mol. The molecule has 1 N–H and O–H groups in total. The van der Waals surface area contributed by atoms with Crippen molar-refractivity contribution >= 4 is 0 Å². The molecule has 0 radical (unpaired) electrons. The molecule has 1 atom stereocenters. The molecule has 0 aromatic heterocycles. The highest BCUT2D eigenvalue weighted by Crippen LogP contribution is 2.25. The molecule has 0 aromatic carbocycles. The molecule has 2 heteroatoms. The van der Waals surface area contributed by atoms with Crippen LogP contribution in [0.15, 0.2) is 11.6 Å². The lowest BCUT2D eigenvalue weighted by Gasteiger charge is -2.22. The van der Waals surface area contributed by atoms with Crippen LogP contribution in [0.25, 0.3) is 0 Å². The Balaban J connectivity index is 2.35. The maximum absolute atomic E-state index is 9.12. The van der Waals surface area contributed by atoms with E-state index in [1.54, 1.807) is 14.0 Å². The highest BCUT2D eigenvalue weighted by molar-refractivity contribution is 5.07. The normalized spacial score (nSPS) is 26.9. The Morgan fingerprint density at radius 2 is 2.08 bits per heavy atom. The Morgan fingerprint density at radius 1 is 1.50 bits per heavy atom. The largest absolute Gasteiger partial charge is 0.389 e. The Bertz CT molecular complexity index is 151. The first kappa shape index (κ1) is 9.75. The van der Waals surface area contributed by atoms with E-state index in [-0.39, 0.29) is 6.10 Å². The molecule has 0 saturated heterocycles. The van der Waals surface area contributed by atoms with Crippen molar-refractivity contribution in [2.45, 2.75) is 44.8 Å². The zero-order valence-electron chi connectivity index (χ0n) is 7.92. The van der Waals surface area contributed by atoms with E-state index in [9.17, 15) is 0 Å². The van der Waals surface area contributed by atoms with Crippen LogP contribution in [0.4, 0.5) is 0 Å². The third-order valence-corrected chi connectivity index (χ3v) is 2.39. The molecule has 70 valence electrons. The second-order valence-corrected chi connectivity index (χ2v) is 3.50. The molecule has 0 heterocycles. The Hall–Kier alpha value is -0.340. The number of hydrogen-bond donors (Lipinski definition) is 1. The van der Waals surface area contributed by atoms with Gasteiger partial charge in [-0.1, -0.05) is 11.6 Å². The zero-order chi connectivity index (χ0) is 8.97. The molecule has 2 nitrogen and oxygen atoms in total. The SMILES string of the molecule is COC1CCC(=CC(C)O)CC1. The van der Waals surface area contributed by atoms with Crippen molar-refractivity contribution in [1.29, 1.82) is 0 Å². The molecule has 0 aromatic rings. The molecule has 1 fully saturated rings. The van der Waals surface area contributed by atoms with Crippen LogP contribution in [0.2, 0.25) is 0 Å². The standard InChI is InChI=1S/C10H18O2/c1-8(11)7-9-3-5-10(12-2)6-4-9/h7-8,10-11H,3-6H2,1-2H3. The number of aliphatic hydroxyl groups excluding tert-OH is 1. The molecule has 12 heavy (non-hydrogen) atoms. The van der Waals surface area contributed by atoms with E-state index in [4.69, 9.17) is 9.84 Å². The van der Waals surface area contributed by atoms with E-state index in [1.165, 1.54) is 5.57 Å². The van der Waals surface area contributed by atoms with Crippen molar-refractivity contribution in [2.75, 3.05) is 7.11 Å². The van der Waals surface area contributed by atoms with Gasteiger partial charge >= 0.3 is 0 Å².